The molecule has 0 unspecified atom stereocenters. The van der Waals surface area contributed by atoms with E-state index in [9.17, 15) is 4.39 Å². The molecular weight excluding hydrogens is 195 g/mol. The van der Waals surface area contributed by atoms with Gasteiger partial charge in [0.2, 0.25) is 0 Å². The van der Waals surface area contributed by atoms with Crippen molar-refractivity contribution in [3.05, 3.63) is 41.3 Å². The van der Waals surface area contributed by atoms with Gasteiger partial charge in [0.1, 0.15) is 5.82 Å². The third-order valence-electron chi connectivity index (χ3n) is 2.30. The first-order valence-corrected chi connectivity index (χ1v) is 4.62. The lowest BCUT2D eigenvalue weighted by molar-refractivity contribution is 0.431. The van der Waals surface area contributed by atoms with Crippen molar-refractivity contribution in [2.45, 2.75) is 13.5 Å². The quantitative estimate of drug-likeness (QED) is 0.819. The SMILES string of the molecule is Cc1ccc(-c2oncc2CN)cc1F. The standard InChI is InChI=1S/C11H11FN2O/c1-7-2-3-8(4-10(7)12)11-9(5-13)6-14-15-11/h2-4,6H,5,13H2,1H3. The largest absolute Gasteiger partial charge is 0.356 e. The highest BCUT2D eigenvalue weighted by Gasteiger charge is 2.10. The zero-order valence-corrected chi connectivity index (χ0v) is 8.33. The van der Waals surface area contributed by atoms with Gasteiger partial charge in [-0.3, -0.25) is 0 Å². The molecule has 2 N–H and O–H groups in total. The van der Waals surface area contributed by atoms with Crippen LogP contribution in [0.15, 0.2) is 28.9 Å². The van der Waals surface area contributed by atoms with Gasteiger partial charge in [0.15, 0.2) is 5.76 Å². The summed E-state index contributed by atoms with van der Waals surface area (Å²) in [7, 11) is 0. The van der Waals surface area contributed by atoms with Crippen molar-refractivity contribution in [3.8, 4) is 11.3 Å². The lowest BCUT2D eigenvalue weighted by Gasteiger charge is -2.01. The summed E-state index contributed by atoms with van der Waals surface area (Å²) in [5.41, 5.74) is 7.55. The molecule has 0 aliphatic rings. The molecule has 1 heterocycles. The third-order valence-corrected chi connectivity index (χ3v) is 2.30. The Morgan fingerprint density at radius 3 is 2.93 bits per heavy atom. The van der Waals surface area contributed by atoms with Crippen LogP contribution in [-0.2, 0) is 6.54 Å². The van der Waals surface area contributed by atoms with Crippen LogP contribution in [0.3, 0.4) is 0 Å². The van der Waals surface area contributed by atoms with Crippen molar-refractivity contribution in [2.75, 3.05) is 0 Å². The fourth-order valence-electron chi connectivity index (χ4n) is 1.38. The average molecular weight is 206 g/mol. The minimum absolute atomic E-state index is 0.258. The summed E-state index contributed by atoms with van der Waals surface area (Å²) in [5, 5.41) is 3.64. The van der Waals surface area contributed by atoms with Crippen LogP contribution in [-0.4, -0.2) is 5.16 Å². The number of hydrogen-bond acceptors (Lipinski definition) is 3. The highest BCUT2D eigenvalue weighted by molar-refractivity contribution is 5.61. The summed E-state index contributed by atoms with van der Waals surface area (Å²) in [6.07, 6.45) is 1.55. The Kier molecular flexibility index (Phi) is 2.51. The van der Waals surface area contributed by atoms with Crippen molar-refractivity contribution in [1.82, 2.24) is 5.16 Å². The fraction of sp³-hybridized carbons (Fsp3) is 0.182. The van der Waals surface area contributed by atoms with Crippen LogP contribution in [0.5, 0.6) is 0 Å². The maximum Gasteiger partial charge on any atom is 0.171 e. The van der Waals surface area contributed by atoms with Gasteiger partial charge in [-0.05, 0) is 18.6 Å². The molecule has 15 heavy (non-hydrogen) atoms. The van der Waals surface area contributed by atoms with E-state index < -0.39 is 0 Å². The first-order chi connectivity index (χ1) is 7.22. The third kappa shape index (κ3) is 1.76. The highest BCUT2D eigenvalue weighted by atomic mass is 19.1. The van der Waals surface area contributed by atoms with Gasteiger partial charge in [-0.1, -0.05) is 17.3 Å². The minimum Gasteiger partial charge on any atom is -0.356 e. The second-order valence-electron chi connectivity index (χ2n) is 3.35. The van der Waals surface area contributed by atoms with Crippen LogP contribution in [0.4, 0.5) is 4.39 Å². The number of aryl methyl sites for hydroxylation is 1. The molecule has 2 rings (SSSR count). The van der Waals surface area contributed by atoms with Gasteiger partial charge in [-0.25, -0.2) is 4.39 Å². The molecule has 0 spiro atoms. The maximum atomic E-state index is 13.3. The van der Waals surface area contributed by atoms with Crippen LogP contribution in [0.25, 0.3) is 11.3 Å². The van der Waals surface area contributed by atoms with Gasteiger partial charge in [-0.2, -0.15) is 0 Å². The molecule has 0 aliphatic heterocycles. The minimum atomic E-state index is -0.258. The van der Waals surface area contributed by atoms with Crippen LogP contribution in [0.2, 0.25) is 0 Å². The molecule has 0 fully saturated rings. The molecule has 1 aromatic heterocycles. The monoisotopic (exact) mass is 206 g/mol. The van der Waals surface area contributed by atoms with Crippen molar-refractivity contribution in [3.63, 3.8) is 0 Å². The summed E-state index contributed by atoms with van der Waals surface area (Å²) >= 11 is 0. The summed E-state index contributed by atoms with van der Waals surface area (Å²) in [6, 6.07) is 4.92. The Morgan fingerprint density at radius 1 is 1.47 bits per heavy atom. The first kappa shape index (κ1) is 9.86. The van der Waals surface area contributed by atoms with E-state index in [1.807, 2.05) is 0 Å². The van der Waals surface area contributed by atoms with Crippen molar-refractivity contribution in [1.29, 1.82) is 0 Å². The predicted molar refractivity (Wildman–Crippen MR) is 54.5 cm³/mol. The van der Waals surface area contributed by atoms with Gasteiger partial charge in [0.05, 0.1) is 6.20 Å². The maximum absolute atomic E-state index is 13.3. The molecule has 78 valence electrons. The predicted octanol–water partition coefficient (Wildman–Crippen LogP) is 2.25. The molecule has 1 aromatic carbocycles. The van der Waals surface area contributed by atoms with E-state index >= 15 is 0 Å². The topological polar surface area (TPSA) is 52.0 Å². The Bertz CT molecular complexity index is 479. The van der Waals surface area contributed by atoms with Gasteiger partial charge in [0.25, 0.3) is 0 Å². The van der Waals surface area contributed by atoms with Gasteiger partial charge in [-0.15, -0.1) is 0 Å². The van der Waals surface area contributed by atoms with Gasteiger partial charge >= 0.3 is 0 Å². The Morgan fingerprint density at radius 2 is 2.27 bits per heavy atom. The van der Waals surface area contributed by atoms with Gasteiger partial charge < -0.3 is 10.3 Å². The molecule has 4 heteroatoms. The van der Waals surface area contributed by atoms with Gasteiger partial charge in [0, 0.05) is 17.7 Å². The molecule has 0 saturated heterocycles. The second-order valence-corrected chi connectivity index (χ2v) is 3.35. The van der Waals surface area contributed by atoms with E-state index in [1.54, 1.807) is 25.3 Å². The number of nitrogens with zero attached hydrogens (tertiary/aromatic N) is 1. The Hall–Kier alpha value is -1.68. The van der Waals surface area contributed by atoms with E-state index in [4.69, 9.17) is 10.3 Å². The summed E-state index contributed by atoms with van der Waals surface area (Å²) in [4.78, 5) is 0. The molecule has 0 aliphatic carbocycles. The van der Waals surface area contributed by atoms with Crippen molar-refractivity contribution >= 4 is 0 Å². The molecule has 0 bridgehead atoms. The van der Waals surface area contributed by atoms with Crippen LogP contribution >= 0.6 is 0 Å². The normalized spacial score (nSPS) is 10.6. The van der Waals surface area contributed by atoms with Crippen LogP contribution < -0.4 is 5.73 Å². The zero-order valence-electron chi connectivity index (χ0n) is 8.33. The number of hydrogen-bond donors (Lipinski definition) is 1. The van der Waals surface area contributed by atoms with E-state index in [2.05, 4.69) is 5.16 Å². The average Bonchev–Trinajstić information content (AvgIpc) is 2.70. The number of halogens is 1. The molecule has 0 saturated carbocycles. The highest BCUT2D eigenvalue weighted by Crippen LogP contribution is 2.24. The Balaban J connectivity index is 2.50. The summed E-state index contributed by atoms with van der Waals surface area (Å²) in [6.45, 7) is 2.04. The number of aromatic nitrogens is 1. The summed E-state index contributed by atoms with van der Waals surface area (Å²) in [5.74, 6) is 0.281. The van der Waals surface area contributed by atoms with E-state index in [1.165, 1.54) is 6.07 Å². The number of benzene rings is 1. The van der Waals surface area contributed by atoms with Crippen LogP contribution in [0.1, 0.15) is 11.1 Å². The number of rotatable bonds is 2. The lowest BCUT2D eigenvalue weighted by Crippen LogP contribution is -1.96. The molecule has 0 radical (unpaired) electrons. The van der Waals surface area contributed by atoms with E-state index in [-0.39, 0.29) is 5.82 Å². The molecule has 3 nitrogen and oxygen atoms in total. The van der Waals surface area contributed by atoms with E-state index in [0.29, 0.717) is 23.4 Å². The molecular formula is C11H11FN2O. The first-order valence-electron chi connectivity index (χ1n) is 4.62. The molecule has 0 amide bonds. The lowest BCUT2D eigenvalue weighted by atomic mass is 10.1. The summed E-state index contributed by atoms with van der Waals surface area (Å²) < 4.78 is 18.4. The fourth-order valence-corrected chi connectivity index (χ4v) is 1.38. The number of nitrogens with two attached hydrogens (primary N) is 1. The second kappa shape index (κ2) is 3.82. The van der Waals surface area contributed by atoms with E-state index in [0.717, 1.165) is 5.56 Å². The van der Waals surface area contributed by atoms with Crippen LogP contribution in [0, 0.1) is 12.7 Å². The Labute approximate surface area is 86.7 Å². The van der Waals surface area contributed by atoms with Crippen molar-refractivity contribution in [2.24, 2.45) is 5.73 Å². The zero-order chi connectivity index (χ0) is 10.8. The van der Waals surface area contributed by atoms with Crippen molar-refractivity contribution < 1.29 is 8.91 Å². The smallest absolute Gasteiger partial charge is 0.171 e. The molecule has 0 atom stereocenters. The molecule has 2 aromatic rings.